The number of nitrogens with zero attached hydrogens (tertiary/aromatic N) is 1. The summed E-state index contributed by atoms with van der Waals surface area (Å²) in [5.41, 5.74) is 2.39. The number of anilines is 2. The fourth-order valence-electron chi connectivity index (χ4n) is 2.42. The van der Waals surface area contributed by atoms with E-state index in [1.54, 1.807) is 18.2 Å². The topological polar surface area (TPSA) is 41.6 Å². The van der Waals surface area contributed by atoms with Gasteiger partial charge in [-0.2, -0.15) is 0 Å². The predicted octanol–water partition coefficient (Wildman–Crippen LogP) is 4.19. The molecule has 23 heavy (non-hydrogen) atoms. The van der Waals surface area contributed by atoms with Gasteiger partial charge in [0.25, 0.3) is 5.91 Å². The number of hydrogen-bond donors (Lipinski definition) is 1. The van der Waals surface area contributed by atoms with Crippen molar-refractivity contribution in [3.8, 4) is 0 Å². The molecule has 6 heteroatoms. The molecular formula is C17H16BrClN2O2. The van der Waals surface area contributed by atoms with Gasteiger partial charge < -0.3 is 15.0 Å². The molecule has 120 valence electrons. The average molecular weight is 396 g/mol. The summed E-state index contributed by atoms with van der Waals surface area (Å²) in [7, 11) is 0. The molecule has 0 aromatic heterocycles. The minimum absolute atomic E-state index is 0.156. The van der Waals surface area contributed by atoms with Crippen LogP contribution in [0.3, 0.4) is 0 Å². The molecule has 3 rings (SSSR count). The lowest BCUT2D eigenvalue weighted by atomic mass is 10.1. The van der Waals surface area contributed by atoms with Gasteiger partial charge in [-0.15, -0.1) is 0 Å². The molecule has 0 atom stereocenters. The van der Waals surface area contributed by atoms with Crippen molar-refractivity contribution in [3.63, 3.8) is 0 Å². The number of carbonyl (C=O) groups excluding carboxylic acids is 1. The second kappa shape index (κ2) is 7.34. The van der Waals surface area contributed by atoms with Gasteiger partial charge in [0.1, 0.15) is 0 Å². The van der Waals surface area contributed by atoms with Gasteiger partial charge in [0.05, 0.1) is 18.2 Å². The third kappa shape index (κ3) is 4.05. The van der Waals surface area contributed by atoms with Crippen molar-refractivity contribution >= 4 is 44.8 Å². The molecule has 2 aromatic rings. The summed E-state index contributed by atoms with van der Waals surface area (Å²) in [5, 5.41) is 3.41. The van der Waals surface area contributed by atoms with E-state index in [1.807, 2.05) is 24.3 Å². The zero-order valence-electron chi connectivity index (χ0n) is 12.4. The second-order valence-corrected chi connectivity index (χ2v) is 6.49. The van der Waals surface area contributed by atoms with Gasteiger partial charge in [0.15, 0.2) is 0 Å². The minimum atomic E-state index is -0.156. The highest BCUT2D eigenvalue weighted by Gasteiger charge is 2.12. The molecular weight excluding hydrogens is 380 g/mol. The van der Waals surface area contributed by atoms with E-state index in [0.717, 1.165) is 36.5 Å². The largest absolute Gasteiger partial charge is 0.378 e. The molecule has 0 aliphatic carbocycles. The van der Waals surface area contributed by atoms with Crippen molar-refractivity contribution < 1.29 is 9.53 Å². The third-order valence-electron chi connectivity index (χ3n) is 3.68. The van der Waals surface area contributed by atoms with E-state index in [0.29, 0.717) is 16.3 Å². The zero-order chi connectivity index (χ0) is 16.2. The van der Waals surface area contributed by atoms with E-state index in [-0.39, 0.29) is 5.91 Å². The maximum Gasteiger partial charge on any atom is 0.255 e. The Morgan fingerprint density at radius 3 is 2.48 bits per heavy atom. The summed E-state index contributed by atoms with van der Waals surface area (Å²) < 4.78 is 6.15. The summed E-state index contributed by atoms with van der Waals surface area (Å²) in [6.45, 7) is 3.24. The lowest BCUT2D eigenvalue weighted by Gasteiger charge is -2.28. The van der Waals surface area contributed by atoms with Gasteiger partial charge >= 0.3 is 0 Å². The summed E-state index contributed by atoms with van der Waals surface area (Å²) in [5.74, 6) is -0.156. The molecule has 1 fully saturated rings. The highest BCUT2D eigenvalue weighted by atomic mass is 79.9. The van der Waals surface area contributed by atoms with Crippen molar-refractivity contribution in [1.82, 2.24) is 0 Å². The molecule has 1 heterocycles. The number of rotatable bonds is 3. The lowest BCUT2D eigenvalue weighted by molar-refractivity contribution is 0.102. The fraction of sp³-hybridized carbons (Fsp3) is 0.235. The molecule has 0 spiro atoms. The van der Waals surface area contributed by atoms with E-state index in [1.165, 1.54) is 0 Å². The Bertz CT molecular complexity index is 700. The van der Waals surface area contributed by atoms with Crippen molar-refractivity contribution in [2.75, 3.05) is 36.5 Å². The molecule has 1 N–H and O–H groups in total. The van der Waals surface area contributed by atoms with E-state index in [4.69, 9.17) is 16.3 Å². The third-order valence-corrected chi connectivity index (χ3v) is 4.92. The summed E-state index contributed by atoms with van der Waals surface area (Å²) >= 11 is 9.36. The van der Waals surface area contributed by atoms with Crippen LogP contribution in [0.25, 0.3) is 0 Å². The van der Waals surface area contributed by atoms with Crippen LogP contribution in [-0.2, 0) is 4.74 Å². The monoisotopic (exact) mass is 394 g/mol. The predicted molar refractivity (Wildman–Crippen MR) is 96.6 cm³/mol. The van der Waals surface area contributed by atoms with Gasteiger partial charge in [0.2, 0.25) is 0 Å². The van der Waals surface area contributed by atoms with E-state index in [2.05, 4.69) is 26.1 Å². The van der Waals surface area contributed by atoms with Crippen molar-refractivity contribution in [2.24, 2.45) is 0 Å². The lowest BCUT2D eigenvalue weighted by Crippen LogP contribution is -2.36. The highest BCUT2D eigenvalue weighted by molar-refractivity contribution is 9.10. The molecule has 0 unspecified atom stereocenters. The first kappa shape index (κ1) is 16.3. The number of halogens is 2. The minimum Gasteiger partial charge on any atom is -0.378 e. The van der Waals surface area contributed by atoms with Crippen LogP contribution < -0.4 is 10.2 Å². The number of morpholine rings is 1. The van der Waals surface area contributed by atoms with Crippen molar-refractivity contribution in [2.45, 2.75) is 0 Å². The van der Waals surface area contributed by atoms with Crippen LogP contribution >= 0.6 is 27.5 Å². The Hall–Kier alpha value is -1.56. The Labute approximate surface area is 148 Å². The van der Waals surface area contributed by atoms with Crippen LogP contribution in [-0.4, -0.2) is 32.2 Å². The second-order valence-electron chi connectivity index (χ2n) is 5.23. The van der Waals surface area contributed by atoms with Crippen LogP contribution in [0.5, 0.6) is 0 Å². The number of benzene rings is 2. The Kier molecular flexibility index (Phi) is 5.20. The summed E-state index contributed by atoms with van der Waals surface area (Å²) in [6.07, 6.45) is 0. The maximum atomic E-state index is 12.3. The number of carbonyl (C=O) groups is 1. The molecule has 1 aliphatic heterocycles. The Morgan fingerprint density at radius 1 is 1.13 bits per heavy atom. The van der Waals surface area contributed by atoms with Crippen LogP contribution in [0, 0.1) is 0 Å². The number of nitrogens with one attached hydrogen (secondary N) is 1. The Morgan fingerprint density at radius 2 is 1.83 bits per heavy atom. The standard InChI is InChI=1S/C17H16BrClN2O2/c18-15-6-3-13(11-16(15)19)20-17(22)12-1-4-14(5-2-12)21-7-9-23-10-8-21/h1-6,11H,7-10H2,(H,20,22). The van der Waals surface area contributed by atoms with Gasteiger partial charge in [-0.3, -0.25) is 4.79 Å². The van der Waals surface area contributed by atoms with Crippen LogP contribution in [0.15, 0.2) is 46.9 Å². The van der Waals surface area contributed by atoms with Crippen molar-refractivity contribution in [3.05, 3.63) is 57.5 Å². The van der Waals surface area contributed by atoms with Gasteiger partial charge in [-0.05, 0) is 58.4 Å². The number of ether oxygens (including phenoxy) is 1. The van der Waals surface area contributed by atoms with E-state index >= 15 is 0 Å². The summed E-state index contributed by atoms with van der Waals surface area (Å²) in [4.78, 5) is 14.5. The smallest absolute Gasteiger partial charge is 0.255 e. The van der Waals surface area contributed by atoms with Crippen LogP contribution in [0.2, 0.25) is 5.02 Å². The average Bonchev–Trinajstić information content (AvgIpc) is 2.59. The maximum absolute atomic E-state index is 12.3. The van der Waals surface area contributed by atoms with Crippen LogP contribution in [0.1, 0.15) is 10.4 Å². The molecule has 0 bridgehead atoms. The molecule has 1 amide bonds. The van der Waals surface area contributed by atoms with E-state index in [9.17, 15) is 4.79 Å². The molecule has 1 saturated heterocycles. The first-order valence-corrected chi connectivity index (χ1v) is 8.50. The molecule has 0 saturated carbocycles. The first-order valence-electron chi connectivity index (χ1n) is 7.32. The fourth-order valence-corrected chi connectivity index (χ4v) is 2.85. The zero-order valence-corrected chi connectivity index (χ0v) is 14.7. The Balaban J connectivity index is 1.68. The quantitative estimate of drug-likeness (QED) is 0.847. The summed E-state index contributed by atoms with van der Waals surface area (Å²) in [6, 6.07) is 12.9. The van der Waals surface area contributed by atoms with Gasteiger partial charge in [-0.25, -0.2) is 0 Å². The normalized spacial score (nSPS) is 14.6. The van der Waals surface area contributed by atoms with Crippen molar-refractivity contribution in [1.29, 1.82) is 0 Å². The molecule has 2 aromatic carbocycles. The molecule has 0 radical (unpaired) electrons. The molecule has 1 aliphatic rings. The first-order chi connectivity index (χ1) is 11.1. The highest BCUT2D eigenvalue weighted by Crippen LogP contribution is 2.26. The molecule has 4 nitrogen and oxygen atoms in total. The van der Waals surface area contributed by atoms with Crippen LogP contribution in [0.4, 0.5) is 11.4 Å². The number of amides is 1. The SMILES string of the molecule is O=C(Nc1ccc(Br)c(Cl)c1)c1ccc(N2CCOCC2)cc1. The van der Waals surface area contributed by atoms with E-state index < -0.39 is 0 Å². The van der Waals surface area contributed by atoms with Gasteiger partial charge in [0, 0.05) is 34.5 Å². The number of hydrogen-bond acceptors (Lipinski definition) is 3. The van der Waals surface area contributed by atoms with Gasteiger partial charge in [-0.1, -0.05) is 11.6 Å².